The minimum Gasteiger partial charge on any atom is -0.466 e. The third kappa shape index (κ3) is 4.02. The van der Waals surface area contributed by atoms with Gasteiger partial charge in [0.25, 0.3) is 5.56 Å². The molecule has 0 saturated carbocycles. The Morgan fingerprint density at radius 1 is 1.21 bits per heavy atom. The molecule has 0 saturated heterocycles. The lowest BCUT2D eigenvalue weighted by Gasteiger charge is -2.24. The maximum atomic E-state index is 14.9. The summed E-state index contributed by atoms with van der Waals surface area (Å²) >= 11 is 7.40. The first kappa shape index (κ1) is 24.1. The van der Waals surface area contributed by atoms with Gasteiger partial charge in [-0.2, -0.15) is 5.26 Å². The van der Waals surface area contributed by atoms with Crippen molar-refractivity contribution in [1.82, 2.24) is 4.57 Å². The normalized spacial score (nSPS) is 15.8. The van der Waals surface area contributed by atoms with E-state index in [0.29, 0.717) is 8.95 Å². The van der Waals surface area contributed by atoms with Gasteiger partial charge in [0.15, 0.2) is 0 Å². The minimum atomic E-state index is -1.22. The standard InChI is InChI=1S/C23H13Br2F2N3O3S/c1-33-23(32)19-18(13-8-12(25)3-5-16(13)27)14(9-28)20(29)30-21(31)17(34-22(19)30)7-10-6-11(24)2-4-15(10)26/h2-8,18H,29H2,1H3/b17-7-. The topological polar surface area (TPSA) is 98.1 Å². The molecule has 6 nitrogen and oxygen atoms in total. The highest BCUT2D eigenvalue weighted by Gasteiger charge is 2.37. The van der Waals surface area contributed by atoms with E-state index in [0.717, 1.165) is 23.0 Å². The quantitative estimate of drug-likeness (QED) is 0.460. The molecule has 34 heavy (non-hydrogen) atoms. The summed E-state index contributed by atoms with van der Waals surface area (Å²) in [5.41, 5.74) is 5.38. The number of esters is 1. The number of benzene rings is 2. The number of carbonyl (C=O) groups is 1. The first-order chi connectivity index (χ1) is 16.2. The molecule has 3 aromatic rings. The number of rotatable bonds is 3. The molecule has 0 bridgehead atoms. The zero-order valence-electron chi connectivity index (χ0n) is 17.2. The Morgan fingerprint density at radius 2 is 1.85 bits per heavy atom. The van der Waals surface area contributed by atoms with Gasteiger partial charge in [-0.15, -0.1) is 11.3 Å². The van der Waals surface area contributed by atoms with Crippen LogP contribution in [0.5, 0.6) is 0 Å². The van der Waals surface area contributed by atoms with E-state index < -0.39 is 29.1 Å². The van der Waals surface area contributed by atoms with Crippen LogP contribution in [0.4, 0.5) is 8.78 Å². The summed E-state index contributed by atoms with van der Waals surface area (Å²) in [6.07, 6.45) is 1.32. The molecule has 172 valence electrons. The molecule has 0 aliphatic carbocycles. The first-order valence-electron chi connectivity index (χ1n) is 9.54. The van der Waals surface area contributed by atoms with Crippen molar-refractivity contribution in [3.05, 3.63) is 93.2 Å². The van der Waals surface area contributed by atoms with Crippen molar-refractivity contribution in [2.45, 2.75) is 5.92 Å². The number of hydrogen-bond donors (Lipinski definition) is 1. The van der Waals surface area contributed by atoms with Gasteiger partial charge in [0, 0.05) is 20.1 Å². The lowest BCUT2D eigenvalue weighted by atomic mass is 9.83. The second-order valence-electron chi connectivity index (χ2n) is 7.14. The number of nitriles is 1. The highest BCUT2D eigenvalue weighted by Crippen LogP contribution is 2.38. The number of nitrogens with two attached hydrogens (primary N) is 1. The van der Waals surface area contributed by atoms with Crippen molar-refractivity contribution >= 4 is 66.6 Å². The second-order valence-corrected chi connectivity index (χ2v) is 10.00. The maximum absolute atomic E-state index is 14.9. The van der Waals surface area contributed by atoms with Gasteiger partial charge in [-0.1, -0.05) is 31.9 Å². The Bertz CT molecular complexity index is 1620. The van der Waals surface area contributed by atoms with Crippen LogP contribution in [0.1, 0.15) is 17.0 Å². The molecule has 0 radical (unpaired) electrons. The summed E-state index contributed by atoms with van der Waals surface area (Å²) < 4.78 is 36.4. The smallest absolute Gasteiger partial charge is 0.337 e. The number of carbonyl (C=O) groups excluding carboxylic acids is 1. The largest absolute Gasteiger partial charge is 0.466 e. The first-order valence-corrected chi connectivity index (χ1v) is 11.9. The van der Waals surface area contributed by atoms with Gasteiger partial charge >= 0.3 is 5.97 Å². The van der Waals surface area contributed by atoms with Gasteiger partial charge in [-0.25, -0.2) is 13.6 Å². The van der Waals surface area contributed by atoms with Crippen molar-refractivity contribution in [1.29, 1.82) is 5.26 Å². The van der Waals surface area contributed by atoms with E-state index in [4.69, 9.17) is 10.5 Å². The molecular weight excluding hydrogens is 596 g/mol. The Hall–Kier alpha value is -3.07. The van der Waals surface area contributed by atoms with E-state index in [1.54, 1.807) is 0 Å². The van der Waals surface area contributed by atoms with E-state index >= 15 is 0 Å². The average Bonchev–Trinajstić information content (AvgIpc) is 3.13. The van der Waals surface area contributed by atoms with Crippen LogP contribution in [0.15, 0.2) is 55.7 Å². The van der Waals surface area contributed by atoms with Gasteiger partial charge in [-0.05, 0) is 42.5 Å². The predicted molar refractivity (Wildman–Crippen MR) is 131 cm³/mol. The van der Waals surface area contributed by atoms with Gasteiger partial charge in [-0.3, -0.25) is 9.36 Å². The van der Waals surface area contributed by atoms with E-state index in [2.05, 4.69) is 31.9 Å². The number of thiazole rings is 1. The van der Waals surface area contributed by atoms with E-state index in [-0.39, 0.29) is 37.3 Å². The lowest BCUT2D eigenvalue weighted by molar-refractivity contribution is -0.134. The Balaban J connectivity index is 2.15. The monoisotopic (exact) mass is 607 g/mol. The summed E-state index contributed by atoms with van der Waals surface area (Å²) in [6.45, 7) is 0. The minimum absolute atomic E-state index is 0.00457. The molecule has 2 N–H and O–H groups in total. The number of methoxy groups -OCH3 is 1. The number of hydrogen-bond acceptors (Lipinski definition) is 6. The SMILES string of the molecule is COC(=O)C1=c2s/c(=C\c3cc(Br)ccc3F)c(=O)n2C(N)=C(C#N)C1c1cc(Br)ccc1F. The molecule has 11 heteroatoms. The average molecular weight is 609 g/mol. The van der Waals surface area contributed by atoms with E-state index in [1.807, 2.05) is 6.07 Å². The van der Waals surface area contributed by atoms with Crippen LogP contribution in [0.2, 0.25) is 0 Å². The Morgan fingerprint density at radius 3 is 2.50 bits per heavy atom. The highest BCUT2D eigenvalue weighted by atomic mass is 79.9. The molecule has 0 amide bonds. The summed E-state index contributed by atoms with van der Waals surface area (Å²) in [5.74, 6) is -3.56. The molecule has 1 aliphatic rings. The van der Waals surface area contributed by atoms with E-state index in [9.17, 15) is 23.6 Å². The Kier molecular flexibility index (Phi) is 6.58. The van der Waals surface area contributed by atoms with Crippen LogP contribution < -0.4 is 20.5 Å². The van der Waals surface area contributed by atoms with Crippen molar-refractivity contribution in [3.8, 4) is 6.07 Å². The maximum Gasteiger partial charge on any atom is 0.337 e. The third-order valence-corrected chi connectivity index (χ3v) is 7.28. The number of aromatic nitrogens is 1. The fraction of sp³-hybridized carbons (Fsp3) is 0.0870. The van der Waals surface area contributed by atoms with Gasteiger partial charge in [0.1, 0.15) is 22.1 Å². The summed E-state index contributed by atoms with van der Waals surface area (Å²) in [4.78, 5) is 26.1. The molecular formula is C23H13Br2F2N3O3S. The van der Waals surface area contributed by atoms with Crippen LogP contribution in [0.3, 0.4) is 0 Å². The van der Waals surface area contributed by atoms with Crippen LogP contribution >= 0.6 is 43.2 Å². The second kappa shape index (κ2) is 9.29. The summed E-state index contributed by atoms with van der Waals surface area (Å²) in [7, 11) is 1.14. The van der Waals surface area contributed by atoms with Gasteiger partial charge < -0.3 is 10.5 Å². The van der Waals surface area contributed by atoms with Crippen molar-refractivity contribution in [2.24, 2.45) is 5.73 Å². The van der Waals surface area contributed by atoms with Crippen LogP contribution in [-0.4, -0.2) is 17.6 Å². The van der Waals surface area contributed by atoms with Crippen molar-refractivity contribution < 1.29 is 18.3 Å². The summed E-state index contributed by atoms with van der Waals surface area (Å²) in [6, 6.07) is 10.2. The van der Waals surface area contributed by atoms with Gasteiger partial charge in [0.2, 0.25) is 0 Å². The number of halogens is 4. The number of fused-ring (bicyclic) bond motifs is 1. The van der Waals surface area contributed by atoms with Crippen LogP contribution in [0.25, 0.3) is 17.5 Å². The zero-order chi connectivity index (χ0) is 24.7. The molecule has 1 aliphatic heterocycles. The molecule has 1 unspecified atom stereocenters. The number of nitrogens with zero attached hydrogens (tertiary/aromatic N) is 2. The van der Waals surface area contributed by atoms with Crippen LogP contribution in [-0.2, 0) is 9.53 Å². The predicted octanol–water partition coefficient (Wildman–Crippen LogP) is 3.31. The lowest BCUT2D eigenvalue weighted by Crippen LogP contribution is -2.40. The number of ether oxygens (including phenoxy) is 1. The molecule has 4 rings (SSSR count). The molecule has 1 atom stereocenters. The summed E-state index contributed by atoms with van der Waals surface area (Å²) in [5, 5.41) is 9.89. The fourth-order valence-corrected chi connectivity index (χ4v) is 5.58. The molecule has 0 fully saturated rings. The van der Waals surface area contributed by atoms with Crippen molar-refractivity contribution in [3.63, 3.8) is 0 Å². The van der Waals surface area contributed by atoms with E-state index in [1.165, 1.54) is 42.5 Å². The van der Waals surface area contributed by atoms with Gasteiger partial charge in [0.05, 0.1) is 34.8 Å². The molecule has 2 heterocycles. The highest BCUT2D eigenvalue weighted by molar-refractivity contribution is 9.10. The molecule has 0 spiro atoms. The Labute approximate surface area is 212 Å². The zero-order valence-corrected chi connectivity index (χ0v) is 21.2. The molecule has 1 aromatic heterocycles. The van der Waals surface area contributed by atoms with Crippen molar-refractivity contribution in [2.75, 3.05) is 7.11 Å². The third-order valence-electron chi connectivity index (χ3n) is 5.19. The molecule has 2 aromatic carbocycles. The van der Waals surface area contributed by atoms with Crippen LogP contribution in [0, 0.1) is 23.0 Å². The number of allylic oxidation sites excluding steroid dienone is 1. The fourth-order valence-electron chi connectivity index (χ4n) is 3.67.